The number of urea groups is 1. The van der Waals surface area contributed by atoms with Crippen molar-refractivity contribution in [1.82, 2.24) is 9.88 Å². The summed E-state index contributed by atoms with van der Waals surface area (Å²) in [7, 11) is 0. The van der Waals surface area contributed by atoms with E-state index in [-0.39, 0.29) is 5.57 Å². The van der Waals surface area contributed by atoms with E-state index in [0.717, 1.165) is 61.2 Å². The summed E-state index contributed by atoms with van der Waals surface area (Å²) in [5, 5.41) is 2.34. The predicted molar refractivity (Wildman–Crippen MR) is 163 cm³/mol. The average molecular weight is 613 g/mol. The molecule has 0 unspecified atom stereocenters. The van der Waals surface area contributed by atoms with Gasteiger partial charge in [0, 0.05) is 21.5 Å². The molecule has 2 aromatic carbocycles. The van der Waals surface area contributed by atoms with Crippen molar-refractivity contribution in [2.24, 2.45) is 23.7 Å². The van der Waals surface area contributed by atoms with Gasteiger partial charge in [0.2, 0.25) is 0 Å². The van der Waals surface area contributed by atoms with Gasteiger partial charge >= 0.3 is 6.03 Å². The molecule has 1 saturated heterocycles. The van der Waals surface area contributed by atoms with Crippen LogP contribution in [0.4, 0.5) is 10.5 Å². The zero-order valence-corrected chi connectivity index (χ0v) is 25.2. The number of amides is 4. The molecule has 41 heavy (non-hydrogen) atoms. The molecule has 4 saturated carbocycles. The Labute approximate surface area is 248 Å². The standard InChI is InChI=1S/C34H34BrN3O3/c1-18-10-28(8-9-30(18)35)38-33(40)29(32(39)36-34(38)41)17-24-11-19(2)37(20(24)3)27-6-4-23(5-7-27)31-25-13-21-12-22(15-25)16-26(31)14-21/h4-11,17,21-22,25-26,31H,12-16H2,1-3H3,(H,36,39,41)/b29-17+. The Morgan fingerprint density at radius 3 is 2.10 bits per heavy atom. The number of hydrogen-bond donors (Lipinski definition) is 1. The van der Waals surface area contributed by atoms with E-state index < -0.39 is 17.8 Å². The summed E-state index contributed by atoms with van der Waals surface area (Å²) in [4.78, 5) is 40.0. The highest BCUT2D eigenvalue weighted by Crippen LogP contribution is 2.59. The van der Waals surface area contributed by atoms with Crippen LogP contribution in [0.2, 0.25) is 0 Å². The number of imide groups is 2. The van der Waals surface area contributed by atoms with E-state index in [1.807, 2.05) is 26.8 Å². The van der Waals surface area contributed by atoms with Gasteiger partial charge in [0.1, 0.15) is 5.57 Å². The zero-order chi connectivity index (χ0) is 28.6. The highest BCUT2D eigenvalue weighted by molar-refractivity contribution is 9.10. The first-order valence-electron chi connectivity index (χ1n) is 14.6. The van der Waals surface area contributed by atoms with Crippen LogP contribution in [0, 0.1) is 44.4 Å². The maximum absolute atomic E-state index is 13.5. The fourth-order valence-electron chi connectivity index (χ4n) is 8.46. The SMILES string of the molecule is Cc1cc(N2C(=O)NC(=O)/C(=C\c3cc(C)n(-c4ccc(C5C6CC7CC(C6)CC5C7)cc4)c3C)C2=O)ccc1Br. The van der Waals surface area contributed by atoms with Gasteiger partial charge in [0.15, 0.2) is 0 Å². The van der Waals surface area contributed by atoms with E-state index in [2.05, 4.69) is 50.1 Å². The summed E-state index contributed by atoms with van der Waals surface area (Å²) in [5.41, 5.74) is 6.48. The molecule has 4 aliphatic carbocycles. The summed E-state index contributed by atoms with van der Waals surface area (Å²) in [6, 6.07) is 15.5. The van der Waals surface area contributed by atoms with Gasteiger partial charge in [-0.2, -0.15) is 0 Å². The van der Waals surface area contributed by atoms with Crippen molar-refractivity contribution in [3.63, 3.8) is 0 Å². The molecule has 210 valence electrons. The first-order chi connectivity index (χ1) is 19.7. The Morgan fingerprint density at radius 1 is 0.829 bits per heavy atom. The molecule has 8 rings (SSSR count). The fourth-order valence-corrected chi connectivity index (χ4v) is 8.71. The van der Waals surface area contributed by atoms with E-state index in [4.69, 9.17) is 0 Å². The molecule has 0 radical (unpaired) electrons. The lowest BCUT2D eigenvalue weighted by molar-refractivity contribution is -0.122. The van der Waals surface area contributed by atoms with E-state index in [1.165, 1.54) is 37.7 Å². The number of nitrogens with one attached hydrogen (secondary N) is 1. The highest BCUT2D eigenvalue weighted by Gasteiger charge is 2.48. The monoisotopic (exact) mass is 611 g/mol. The summed E-state index contributed by atoms with van der Waals surface area (Å²) < 4.78 is 3.04. The quantitative estimate of drug-likeness (QED) is 0.247. The van der Waals surface area contributed by atoms with Crippen LogP contribution in [-0.4, -0.2) is 22.4 Å². The first-order valence-corrected chi connectivity index (χ1v) is 15.4. The number of carbonyl (C=O) groups excluding carboxylic acids is 3. The minimum absolute atomic E-state index is 0.0670. The summed E-state index contributed by atoms with van der Waals surface area (Å²) >= 11 is 3.45. The fraction of sp³-hybridized carbons (Fsp3) is 0.382. The molecule has 4 bridgehead atoms. The molecule has 4 amide bonds. The van der Waals surface area contributed by atoms with Crippen LogP contribution < -0.4 is 10.2 Å². The van der Waals surface area contributed by atoms with Crippen LogP contribution in [-0.2, 0) is 9.59 Å². The van der Waals surface area contributed by atoms with E-state index in [1.54, 1.807) is 24.3 Å². The molecule has 0 spiro atoms. The summed E-state index contributed by atoms with van der Waals surface area (Å²) in [6.45, 7) is 5.91. The van der Waals surface area contributed by atoms with Crippen molar-refractivity contribution in [3.8, 4) is 5.69 Å². The van der Waals surface area contributed by atoms with Gasteiger partial charge in [-0.25, -0.2) is 9.69 Å². The molecular weight excluding hydrogens is 578 g/mol. The molecule has 5 fully saturated rings. The van der Waals surface area contributed by atoms with Gasteiger partial charge < -0.3 is 4.57 Å². The second-order valence-corrected chi connectivity index (χ2v) is 13.5. The first kappa shape index (κ1) is 26.4. The maximum atomic E-state index is 13.5. The van der Waals surface area contributed by atoms with Crippen LogP contribution in [0.1, 0.15) is 66.1 Å². The number of barbiturate groups is 1. The van der Waals surface area contributed by atoms with E-state index >= 15 is 0 Å². The van der Waals surface area contributed by atoms with Crippen LogP contribution in [0.15, 0.2) is 58.6 Å². The smallest absolute Gasteiger partial charge is 0.318 e. The molecule has 7 heteroatoms. The molecule has 6 nitrogen and oxygen atoms in total. The van der Waals surface area contributed by atoms with Crippen LogP contribution >= 0.6 is 15.9 Å². The third-order valence-electron chi connectivity index (χ3n) is 10.0. The molecule has 5 aliphatic rings. The highest BCUT2D eigenvalue weighted by atomic mass is 79.9. The topological polar surface area (TPSA) is 71.4 Å². The van der Waals surface area contributed by atoms with Crippen molar-refractivity contribution in [3.05, 3.63) is 86.7 Å². The number of nitrogens with zero attached hydrogens (tertiary/aromatic N) is 2. The third kappa shape index (κ3) is 4.40. The molecule has 2 heterocycles. The van der Waals surface area contributed by atoms with Gasteiger partial charge in [0.25, 0.3) is 11.8 Å². The Hall–Kier alpha value is -3.45. The molecule has 1 aromatic heterocycles. The lowest BCUT2D eigenvalue weighted by Gasteiger charge is -2.54. The zero-order valence-electron chi connectivity index (χ0n) is 23.6. The van der Waals surface area contributed by atoms with Crippen LogP contribution in [0.25, 0.3) is 11.8 Å². The minimum Gasteiger partial charge on any atom is -0.318 e. The maximum Gasteiger partial charge on any atom is 0.335 e. The largest absolute Gasteiger partial charge is 0.335 e. The van der Waals surface area contributed by atoms with Gasteiger partial charge in [-0.1, -0.05) is 28.1 Å². The third-order valence-corrected chi connectivity index (χ3v) is 10.9. The van der Waals surface area contributed by atoms with E-state index in [0.29, 0.717) is 11.6 Å². The normalized spacial score (nSPS) is 28.1. The Bertz CT molecular complexity index is 1610. The van der Waals surface area contributed by atoms with Crippen LogP contribution in [0.3, 0.4) is 0 Å². The lowest BCUT2D eigenvalue weighted by Crippen LogP contribution is -2.54. The lowest BCUT2D eigenvalue weighted by atomic mass is 9.51. The van der Waals surface area contributed by atoms with Crippen molar-refractivity contribution in [2.45, 2.75) is 58.8 Å². The van der Waals surface area contributed by atoms with Crippen LogP contribution in [0.5, 0.6) is 0 Å². The van der Waals surface area contributed by atoms with Crippen molar-refractivity contribution in [2.75, 3.05) is 4.90 Å². The number of rotatable bonds is 4. The number of carbonyl (C=O) groups is 3. The molecule has 1 aliphatic heterocycles. The van der Waals surface area contributed by atoms with Gasteiger partial charge in [-0.15, -0.1) is 0 Å². The van der Waals surface area contributed by atoms with Crippen molar-refractivity contribution in [1.29, 1.82) is 0 Å². The Kier molecular flexibility index (Phi) is 6.34. The van der Waals surface area contributed by atoms with E-state index in [9.17, 15) is 14.4 Å². The average Bonchev–Trinajstić information content (AvgIpc) is 3.20. The number of anilines is 1. The predicted octanol–water partition coefficient (Wildman–Crippen LogP) is 7.37. The van der Waals surface area contributed by atoms with Crippen molar-refractivity contribution < 1.29 is 14.4 Å². The second kappa shape index (κ2) is 9.83. The number of benzene rings is 2. The number of aromatic nitrogens is 1. The van der Waals surface area contributed by atoms with Gasteiger partial charge in [-0.05, 0) is 142 Å². The number of halogens is 1. The molecule has 0 atom stereocenters. The summed E-state index contributed by atoms with van der Waals surface area (Å²) in [6.07, 6.45) is 8.70. The Balaban J connectivity index is 1.18. The van der Waals surface area contributed by atoms with Gasteiger partial charge in [0.05, 0.1) is 5.69 Å². The second-order valence-electron chi connectivity index (χ2n) is 12.6. The number of aryl methyl sites for hydroxylation is 2. The van der Waals surface area contributed by atoms with Crippen molar-refractivity contribution >= 4 is 45.5 Å². The molecule has 3 aromatic rings. The van der Waals surface area contributed by atoms with Gasteiger partial charge in [-0.3, -0.25) is 14.9 Å². The number of hydrogen-bond acceptors (Lipinski definition) is 3. The summed E-state index contributed by atoms with van der Waals surface area (Å²) in [5.74, 6) is 3.00. The molecule has 1 N–H and O–H groups in total. The minimum atomic E-state index is -0.747. The molecular formula is C34H34BrN3O3. The Morgan fingerprint density at radius 2 is 1.46 bits per heavy atom.